The molecule has 0 saturated heterocycles. The Morgan fingerprint density at radius 3 is 2.22 bits per heavy atom. The van der Waals surface area contributed by atoms with Crippen LogP contribution in [0.2, 0.25) is 0 Å². The van der Waals surface area contributed by atoms with Crippen LogP contribution < -0.4 is 16.4 Å². The number of hydrogen-bond acceptors (Lipinski definition) is 3. The fourth-order valence-corrected chi connectivity index (χ4v) is 0.173. The molecule has 2 amide bonds. The van der Waals surface area contributed by atoms with E-state index < -0.39 is 6.09 Å². The highest BCUT2D eigenvalue weighted by Crippen LogP contribution is 1.52. The molecule has 0 bridgehead atoms. The second kappa shape index (κ2) is 3.67. The maximum Gasteiger partial charge on any atom is 0.420 e. The summed E-state index contributed by atoms with van der Waals surface area (Å²) in [5.41, 5.74) is 5.64. The van der Waals surface area contributed by atoms with Gasteiger partial charge in [0.1, 0.15) is 0 Å². The van der Waals surface area contributed by atoms with Gasteiger partial charge in [0, 0.05) is 6.92 Å². The van der Waals surface area contributed by atoms with Crippen molar-refractivity contribution in [1.29, 1.82) is 0 Å². The Bertz CT molecular complexity index is 109. The average Bonchev–Trinajstić information content (AvgIpc) is 1.63. The first-order valence-corrected chi connectivity index (χ1v) is 2.13. The number of carbonyl (C=O) groups excluding carboxylic acids is 1. The van der Waals surface area contributed by atoms with Gasteiger partial charge < -0.3 is 5.11 Å². The lowest BCUT2D eigenvalue weighted by atomic mass is 10.8. The van der Waals surface area contributed by atoms with Crippen LogP contribution in [0.1, 0.15) is 6.92 Å². The van der Waals surface area contributed by atoms with E-state index in [2.05, 4.69) is 0 Å². The van der Waals surface area contributed by atoms with Gasteiger partial charge in [0.2, 0.25) is 5.91 Å². The lowest BCUT2D eigenvalue weighted by molar-refractivity contribution is -0.120. The highest BCUT2D eigenvalue weighted by molar-refractivity contribution is 5.72. The molecule has 9 heavy (non-hydrogen) atoms. The summed E-state index contributed by atoms with van der Waals surface area (Å²) in [4.78, 5) is 19.7. The third-order valence-electron chi connectivity index (χ3n) is 0.408. The van der Waals surface area contributed by atoms with Crippen LogP contribution in [0.4, 0.5) is 4.79 Å². The van der Waals surface area contributed by atoms with Gasteiger partial charge in [-0.05, 0) is 0 Å². The number of hydrogen-bond donors (Lipinski definition) is 4. The molecule has 0 unspecified atom stereocenters. The SMILES string of the molecule is CC(=O)NNNC(=O)O. The number of carboxylic acid groups (broad SMARTS) is 1. The molecule has 6 heteroatoms. The zero-order valence-corrected chi connectivity index (χ0v) is 4.76. The Morgan fingerprint density at radius 1 is 1.33 bits per heavy atom. The van der Waals surface area contributed by atoms with Crippen LogP contribution in [0.3, 0.4) is 0 Å². The fourth-order valence-electron chi connectivity index (χ4n) is 0.173. The highest BCUT2D eigenvalue weighted by Gasteiger charge is 1.90. The van der Waals surface area contributed by atoms with Crippen LogP contribution in [0.15, 0.2) is 0 Å². The first kappa shape index (κ1) is 7.70. The van der Waals surface area contributed by atoms with Crippen LogP contribution in [-0.4, -0.2) is 17.1 Å². The van der Waals surface area contributed by atoms with Gasteiger partial charge in [-0.15, -0.1) is 5.53 Å². The molecule has 0 aromatic rings. The normalized spacial score (nSPS) is 8.11. The molecule has 0 heterocycles. The van der Waals surface area contributed by atoms with Crippen molar-refractivity contribution in [3.63, 3.8) is 0 Å². The summed E-state index contributed by atoms with van der Waals surface area (Å²) >= 11 is 0. The minimum Gasteiger partial charge on any atom is -0.464 e. The summed E-state index contributed by atoms with van der Waals surface area (Å²) in [6, 6.07) is 0. The number of rotatable bonds is 2. The summed E-state index contributed by atoms with van der Waals surface area (Å²) in [5, 5.41) is 7.90. The smallest absolute Gasteiger partial charge is 0.420 e. The van der Waals surface area contributed by atoms with Gasteiger partial charge in [0.05, 0.1) is 0 Å². The van der Waals surface area contributed by atoms with Crippen molar-refractivity contribution in [2.45, 2.75) is 6.92 Å². The van der Waals surface area contributed by atoms with E-state index in [4.69, 9.17) is 5.11 Å². The van der Waals surface area contributed by atoms with E-state index in [1.165, 1.54) is 6.92 Å². The third kappa shape index (κ3) is 6.70. The van der Waals surface area contributed by atoms with E-state index in [0.29, 0.717) is 0 Å². The Balaban J connectivity index is 3.10. The largest absolute Gasteiger partial charge is 0.464 e. The van der Waals surface area contributed by atoms with E-state index in [1.807, 2.05) is 11.0 Å². The number of carbonyl (C=O) groups is 2. The first-order chi connectivity index (χ1) is 4.13. The zero-order valence-electron chi connectivity index (χ0n) is 4.76. The molecule has 0 aromatic heterocycles. The van der Waals surface area contributed by atoms with Gasteiger partial charge in [0.25, 0.3) is 0 Å². The van der Waals surface area contributed by atoms with E-state index >= 15 is 0 Å². The summed E-state index contributed by atoms with van der Waals surface area (Å²) in [6.07, 6.45) is -1.26. The molecule has 0 atom stereocenters. The van der Waals surface area contributed by atoms with Crippen LogP contribution >= 0.6 is 0 Å². The van der Waals surface area contributed by atoms with Crippen molar-refractivity contribution in [1.82, 2.24) is 16.4 Å². The number of hydrazine groups is 2. The maximum atomic E-state index is 10.0. The van der Waals surface area contributed by atoms with Gasteiger partial charge in [-0.25, -0.2) is 10.2 Å². The van der Waals surface area contributed by atoms with Gasteiger partial charge in [-0.2, -0.15) is 0 Å². The standard InChI is InChI=1S/C3H7N3O3/c1-2(7)4-6-5-3(8)9/h5-6H,1H3,(H,4,7)(H,8,9). The lowest BCUT2D eigenvalue weighted by Crippen LogP contribution is -2.47. The van der Waals surface area contributed by atoms with Crippen molar-refractivity contribution in [3.05, 3.63) is 0 Å². The van der Waals surface area contributed by atoms with Gasteiger partial charge in [0.15, 0.2) is 0 Å². The molecule has 6 nitrogen and oxygen atoms in total. The van der Waals surface area contributed by atoms with Crippen molar-refractivity contribution < 1.29 is 14.7 Å². The van der Waals surface area contributed by atoms with Crippen molar-refractivity contribution in [2.75, 3.05) is 0 Å². The predicted molar refractivity (Wildman–Crippen MR) is 28.1 cm³/mol. The second-order valence-electron chi connectivity index (χ2n) is 1.24. The molecular formula is C3H7N3O3. The minimum absolute atomic E-state index is 0.372. The fraction of sp³-hybridized carbons (Fsp3) is 0.333. The lowest BCUT2D eigenvalue weighted by Gasteiger charge is -2.01. The second-order valence-corrected chi connectivity index (χ2v) is 1.24. The molecule has 0 fully saturated rings. The molecule has 0 rings (SSSR count). The molecule has 52 valence electrons. The van der Waals surface area contributed by atoms with E-state index in [9.17, 15) is 9.59 Å². The van der Waals surface area contributed by atoms with E-state index in [-0.39, 0.29) is 5.91 Å². The van der Waals surface area contributed by atoms with Crippen LogP contribution in [0.25, 0.3) is 0 Å². The van der Waals surface area contributed by atoms with Crippen LogP contribution in [0, 0.1) is 0 Å². The molecule has 0 spiro atoms. The Morgan fingerprint density at radius 2 is 1.89 bits per heavy atom. The summed E-state index contributed by atoms with van der Waals surface area (Å²) in [5.74, 6) is -0.372. The molecule has 0 aliphatic carbocycles. The number of nitrogens with one attached hydrogen (secondary N) is 3. The Hall–Kier alpha value is -1.30. The summed E-state index contributed by atoms with van der Waals surface area (Å²) in [6.45, 7) is 1.25. The maximum absolute atomic E-state index is 10.0. The topological polar surface area (TPSA) is 90.5 Å². The highest BCUT2D eigenvalue weighted by atomic mass is 16.4. The molecule has 0 aliphatic rings. The van der Waals surface area contributed by atoms with Gasteiger partial charge in [-0.1, -0.05) is 0 Å². The molecule has 0 aliphatic heterocycles. The third-order valence-corrected chi connectivity index (χ3v) is 0.408. The van der Waals surface area contributed by atoms with Crippen molar-refractivity contribution in [2.24, 2.45) is 0 Å². The molecule has 4 N–H and O–H groups in total. The zero-order chi connectivity index (χ0) is 7.28. The average molecular weight is 133 g/mol. The molecule has 0 radical (unpaired) electrons. The number of amides is 2. The van der Waals surface area contributed by atoms with E-state index in [1.54, 1.807) is 5.43 Å². The van der Waals surface area contributed by atoms with Gasteiger partial charge >= 0.3 is 6.09 Å². The van der Waals surface area contributed by atoms with E-state index in [0.717, 1.165) is 0 Å². The van der Waals surface area contributed by atoms with Crippen LogP contribution in [-0.2, 0) is 4.79 Å². The van der Waals surface area contributed by atoms with Gasteiger partial charge in [-0.3, -0.25) is 10.2 Å². The van der Waals surface area contributed by atoms with Crippen molar-refractivity contribution >= 4 is 12.0 Å². The van der Waals surface area contributed by atoms with Crippen molar-refractivity contribution in [3.8, 4) is 0 Å². The minimum atomic E-state index is -1.26. The quantitative estimate of drug-likeness (QED) is 0.356. The Labute approximate surface area is 51.2 Å². The van der Waals surface area contributed by atoms with Crippen LogP contribution in [0.5, 0.6) is 0 Å². The Kier molecular flexibility index (Phi) is 3.14. The summed E-state index contributed by atoms with van der Waals surface area (Å²) < 4.78 is 0. The monoisotopic (exact) mass is 133 g/mol. The molecule has 0 saturated carbocycles. The molecule has 0 aromatic carbocycles. The predicted octanol–water partition coefficient (Wildman–Crippen LogP) is -1.19. The summed E-state index contributed by atoms with van der Waals surface area (Å²) in [7, 11) is 0. The molecular weight excluding hydrogens is 126 g/mol. The first-order valence-electron chi connectivity index (χ1n) is 2.13.